The second kappa shape index (κ2) is 5.00. The van der Waals surface area contributed by atoms with Gasteiger partial charge >= 0.3 is 5.97 Å². The number of carboxylic acids is 1. The average molecular weight is 345 g/mol. The first-order chi connectivity index (χ1) is 9.99. The van der Waals surface area contributed by atoms with Gasteiger partial charge in [-0.25, -0.2) is 9.78 Å². The Hall–Kier alpha value is -2.14. The quantitative estimate of drug-likeness (QED) is 0.761. The third-order valence-corrected chi connectivity index (χ3v) is 3.99. The Labute approximate surface area is 130 Å². The highest BCUT2D eigenvalue weighted by Gasteiger charge is 2.16. The van der Waals surface area contributed by atoms with E-state index >= 15 is 0 Å². The monoisotopic (exact) mass is 344 g/mol. The number of hydrogen-bond acceptors (Lipinski definition) is 2. The summed E-state index contributed by atoms with van der Waals surface area (Å²) in [7, 11) is 0. The Bertz CT molecular complexity index is 868. The number of fused-ring (bicyclic) bond motifs is 1. The SMILES string of the molecule is Cc1ccc(Br)cc1-n1c(C)nc2c(C(=O)O)cccc21. The van der Waals surface area contributed by atoms with Gasteiger partial charge in [0, 0.05) is 4.47 Å². The number of carbonyl (C=O) groups is 1. The average Bonchev–Trinajstić information content (AvgIpc) is 2.77. The summed E-state index contributed by atoms with van der Waals surface area (Å²) in [4.78, 5) is 15.8. The highest BCUT2D eigenvalue weighted by molar-refractivity contribution is 9.10. The maximum absolute atomic E-state index is 11.3. The number of rotatable bonds is 2. The van der Waals surface area contributed by atoms with Gasteiger partial charge in [-0.2, -0.15) is 0 Å². The zero-order valence-corrected chi connectivity index (χ0v) is 13.2. The molecular formula is C16H13BrN2O2. The second-order valence-corrected chi connectivity index (χ2v) is 5.82. The molecule has 0 saturated carbocycles. The maximum atomic E-state index is 11.3. The number of para-hydroxylation sites is 1. The molecule has 1 aromatic heterocycles. The lowest BCUT2D eigenvalue weighted by molar-refractivity contribution is 0.0699. The molecule has 0 amide bonds. The number of aryl methyl sites for hydroxylation is 2. The molecule has 1 N–H and O–H groups in total. The van der Waals surface area contributed by atoms with Crippen LogP contribution in [0.15, 0.2) is 40.9 Å². The number of aromatic nitrogens is 2. The zero-order chi connectivity index (χ0) is 15.1. The first-order valence-electron chi connectivity index (χ1n) is 6.47. The van der Waals surface area contributed by atoms with Gasteiger partial charge in [-0.3, -0.25) is 4.57 Å². The van der Waals surface area contributed by atoms with E-state index in [4.69, 9.17) is 0 Å². The molecular weight excluding hydrogens is 332 g/mol. The molecule has 1 heterocycles. The number of imidazole rings is 1. The van der Waals surface area contributed by atoms with Gasteiger partial charge in [0.2, 0.25) is 0 Å². The summed E-state index contributed by atoms with van der Waals surface area (Å²) in [6.07, 6.45) is 0. The van der Waals surface area contributed by atoms with Gasteiger partial charge in [-0.15, -0.1) is 0 Å². The Morgan fingerprint density at radius 3 is 2.71 bits per heavy atom. The molecule has 0 bridgehead atoms. The molecule has 0 unspecified atom stereocenters. The summed E-state index contributed by atoms with van der Waals surface area (Å²) in [6, 6.07) is 11.2. The van der Waals surface area contributed by atoms with E-state index in [2.05, 4.69) is 20.9 Å². The number of nitrogens with zero attached hydrogens (tertiary/aromatic N) is 2. The van der Waals surface area contributed by atoms with Crippen LogP contribution in [0.2, 0.25) is 0 Å². The van der Waals surface area contributed by atoms with Crippen molar-refractivity contribution in [3.63, 3.8) is 0 Å². The molecule has 0 fully saturated rings. The molecule has 0 saturated heterocycles. The topological polar surface area (TPSA) is 55.1 Å². The van der Waals surface area contributed by atoms with Crippen molar-refractivity contribution in [1.82, 2.24) is 9.55 Å². The van der Waals surface area contributed by atoms with Gasteiger partial charge in [0.15, 0.2) is 0 Å². The lowest BCUT2D eigenvalue weighted by Crippen LogP contribution is -2.00. The minimum atomic E-state index is -0.962. The third kappa shape index (κ3) is 2.23. The molecule has 21 heavy (non-hydrogen) atoms. The molecule has 0 atom stereocenters. The van der Waals surface area contributed by atoms with Crippen LogP contribution in [0.25, 0.3) is 16.7 Å². The molecule has 106 valence electrons. The minimum Gasteiger partial charge on any atom is -0.478 e. The lowest BCUT2D eigenvalue weighted by Gasteiger charge is -2.11. The fraction of sp³-hybridized carbons (Fsp3) is 0.125. The van der Waals surface area contributed by atoms with Crippen LogP contribution < -0.4 is 0 Å². The summed E-state index contributed by atoms with van der Waals surface area (Å²) >= 11 is 3.48. The Morgan fingerprint density at radius 1 is 1.24 bits per heavy atom. The molecule has 3 rings (SSSR count). The molecule has 0 aliphatic heterocycles. The van der Waals surface area contributed by atoms with E-state index in [0.29, 0.717) is 5.52 Å². The van der Waals surface area contributed by atoms with Crippen molar-refractivity contribution in [2.45, 2.75) is 13.8 Å². The summed E-state index contributed by atoms with van der Waals surface area (Å²) < 4.78 is 2.96. The molecule has 0 aliphatic rings. The van der Waals surface area contributed by atoms with Crippen molar-refractivity contribution in [2.24, 2.45) is 0 Å². The van der Waals surface area contributed by atoms with Crippen LogP contribution in [0.1, 0.15) is 21.7 Å². The first-order valence-corrected chi connectivity index (χ1v) is 7.26. The summed E-state index contributed by atoms with van der Waals surface area (Å²) in [5.74, 6) is -0.198. The van der Waals surface area contributed by atoms with Crippen molar-refractivity contribution in [2.75, 3.05) is 0 Å². The molecule has 0 radical (unpaired) electrons. The van der Waals surface area contributed by atoms with E-state index in [1.54, 1.807) is 12.1 Å². The smallest absolute Gasteiger partial charge is 0.337 e. The molecule has 4 nitrogen and oxygen atoms in total. The van der Waals surface area contributed by atoms with Gasteiger partial charge in [0.25, 0.3) is 0 Å². The van der Waals surface area contributed by atoms with Crippen LogP contribution in [0, 0.1) is 13.8 Å². The fourth-order valence-corrected chi connectivity index (χ4v) is 2.86. The van der Waals surface area contributed by atoms with Crippen LogP contribution in [0.3, 0.4) is 0 Å². The van der Waals surface area contributed by atoms with Gasteiger partial charge < -0.3 is 5.11 Å². The summed E-state index contributed by atoms with van der Waals surface area (Å²) in [5, 5.41) is 9.30. The van der Waals surface area contributed by atoms with Crippen LogP contribution in [-0.2, 0) is 0 Å². The van der Waals surface area contributed by atoms with Crippen LogP contribution >= 0.6 is 15.9 Å². The minimum absolute atomic E-state index is 0.224. The largest absolute Gasteiger partial charge is 0.478 e. The van der Waals surface area contributed by atoms with Gasteiger partial charge in [-0.05, 0) is 43.7 Å². The molecule has 2 aromatic carbocycles. The van der Waals surface area contributed by atoms with E-state index in [-0.39, 0.29) is 5.56 Å². The van der Waals surface area contributed by atoms with Crippen molar-refractivity contribution in [3.05, 3.63) is 57.8 Å². The van der Waals surface area contributed by atoms with Gasteiger partial charge in [0.1, 0.15) is 11.3 Å². The standard InChI is InChI=1S/C16H13BrN2O2/c1-9-6-7-11(17)8-14(9)19-10(2)18-15-12(16(20)21)4-3-5-13(15)19/h3-8H,1-2H3,(H,20,21). The number of benzene rings is 2. The van der Waals surface area contributed by atoms with Crippen molar-refractivity contribution in [1.29, 1.82) is 0 Å². The Balaban J connectivity index is 2.38. The van der Waals surface area contributed by atoms with E-state index in [1.807, 2.05) is 42.7 Å². The van der Waals surface area contributed by atoms with Crippen LogP contribution in [0.5, 0.6) is 0 Å². The highest BCUT2D eigenvalue weighted by Crippen LogP contribution is 2.27. The van der Waals surface area contributed by atoms with Crippen LogP contribution in [-0.4, -0.2) is 20.6 Å². The number of aromatic carboxylic acids is 1. The van der Waals surface area contributed by atoms with E-state index in [9.17, 15) is 9.90 Å². The van der Waals surface area contributed by atoms with Crippen molar-refractivity contribution in [3.8, 4) is 5.69 Å². The Morgan fingerprint density at radius 2 is 2.00 bits per heavy atom. The van der Waals surface area contributed by atoms with Crippen molar-refractivity contribution < 1.29 is 9.90 Å². The summed E-state index contributed by atoms with van der Waals surface area (Å²) in [6.45, 7) is 3.90. The second-order valence-electron chi connectivity index (χ2n) is 4.90. The lowest BCUT2D eigenvalue weighted by atomic mass is 10.1. The summed E-state index contributed by atoms with van der Waals surface area (Å²) in [5.41, 5.74) is 3.63. The first kappa shape index (κ1) is 13.8. The van der Waals surface area contributed by atoms with E-state index in [1.165, 1.54) is 0 Å². The number of halogens is 1. The van der Waals surface area contributed by atoms with E-state index < -0.39 is 5.97 Å². The molecule has 0 aliphatic carbocycles. The normalized spacial score (nSPS) is 11.0. The predicted octanol–water partition coefficient (Wildman–Crippen LogP) is 4.10. The van der Waals surface area contributed by atoms with Crippen LogP contribution in [0.4, 0.5) is 0 Å². The van der Waals surface area contributed by atoms with E-state index in [0.717, 1.165) is 27.1 Å². The fourth-order valence-electron chi connectivity index (χ4n) is 2.52. The number of carboxylic acid groups (broad SMARTS) is 1. The molecule has 5 heteroatoms. The molecule has 3 aromatic rings. The maximum Gasteiger partial charge on any atom is 0.337 e. The van der Waals surface area contributed by atoms with Gasteiger partial charge in [0.05, 0.1) is 16.8 Å². The molecule has 0 spiro atoms. The van der Waals surface area contributed by atoms with Gasteiger partial charge in [-0.1, -0.05) is 28.1 Å². The zero-order valence-electron chi connectivity index (χ0n) is 11.6. The third-order valence-electron chi connectivity index (χ3n) is 3.50. The number of hydrogen-bond donors (Lipinski definition) is 1. The van der Waals surface area contributed by atoms with Crippen molar-refractivity contribution >= 4 is 32.9 Å². The Kier molecular flexibility index (Phi) is 3.29. The highest BCUT2D eigenvalue weighted by atomic mass is 79.9. The predicted molar refractivity (Wildman–Crippen MR) is 85.2 cm³/mol.